The first-order chi connectivity index (χ1) is 23.8. The Bertz CT molecular complexity index is 2970. The first kappa shape index (κ1) is 25.6. The summed E-state index contributed by atoms with van der Waals surface area (Å²) in [5.74, 6) is 2.31. The molecular weight excluding hydrogens is 587 g/mol. The summed E-state index contributed by atoms with van der Waals surface area (Å²) in [6, 6.07) is 53.7. The number of rotatable bonds is 2. The van der Waals surface area contributed by atoms with Gasteiger partial charge in [-0.1, -0.05) is 97.1 Å². The molecule has 0 spiro atoms. The normalized spacial score (nSPS) is 12.3. The van der Waals surface area contributed by atoms with Crippen LogP contribution in [0.4, 0.5) is 0 Å². The third kappa shape index (κ3) is 3.43. The number of nitrogens with zero attached hydrogens (tertiary/aromatic N) is 3. The quantitative estimate of drug-likeness (QED) is 0.183. The SMILES string of the molecule is c1ccc2c(c1)Oc1cccc3nc(-c4ccc(-n5c6ccccc6c6c7ccc8ccccc8c7c7ccccc7c65)cc4)nc-2c13. The maximum absolute atomic E-state index is 6.22. The molecule has 11 rings (SSSR count). The summed E-state index contributed by atoms with van der Waals surface area (Å²) in [7, 11) is 0. The van der Waals surface area contributed by atoms with Crippen LogP contribution >= 0.6 is 0 Å². The molecule has 2 aromatic heterocycles. The Labute approximate surface area is 275 Å². The molecular formula is C44H25N3O. The molecule has 3 heterocycles. The van der Waals surface area contributed by atoms with Gasteiger partial charge in [0.15, 0.2) is 5.82 Å². The van der Waals surface area contributed by atoms with E-state index in [9.17, 15) is 0 Å². The molecule has 1 aliphatic rings. The first-order valence-electron chi connectivity index (χ1n) is 16.3. The van der Waals surface area contributed by atoms with Gasteiger partial charge in [-0.15, -0.1) is 0 Å². The minimum atomic E-state index is 0.698. The molecule has 0 unspecified atom stereocenters. The van der Waals surface area contributed by atoms with Gasteiger partial charge in [-0.05, 0) is 81.5 Å². The molecule has 0 radical (unpaired) electrons. The summed E-state index contributed by atoms with van der Waals surface area (Å²) >= 11 is 0. The molecule has 0 N–H and O–H groups in total. The van der Waals surface area contributed by atoms with Gasteiger partial charge in [0.1, 0.15) is 11.5 Å². The fourth-order valence-electron chi connectivity index (χ4n) is 7.90. The van der Waals surface area contributed by atoms with Gasteiger partial charge in [0.25, 0.3) is 0 Å². The number of fused-ring (bicyclic) bond motifs is 12. The minimum absolute atomic E-state index is 0.698. The Morgan fingerprint density at radius 3 is 2.08 bits per heavy atom. The molecule has 1 aliphatic heterocycles. The maximum Gasteiger partial charge on any atom is 0.160 e. The van der Waals surface area contributed by atoms with Gasteiger partial charge in [0, 0.05) is 33.0 Å². The van der Waals surface area contributed by atoms with Crippen molar-refractivity contribution in [1.82, 2.24) is 14.5 Å². The predicted octanol–water partition coefficient (Wildman–Crippen LogP) is 11.6. The second-order valence-corrected chi connectivity index (χ2v) is 12.5. The van der Waals surface area contributed by atoms with Crippen molar-refractivity contribution in [3.63, 3.8) is 0 Å². The lowest BCUT2D eigenvalue weighted by Gasteiger charge is -2.20. The average Bonchev–Trinajstić information content (AvgIpc) is 3.50. The molecule has 0 atom stereocenters. The van der Waals surface area contributed by atoms with Crippen LogP contribution in [-0.2, 0) is 0 Å². The molecule has 0 saturated heterocycles. The highest BCUT2D eigenvalue weighted by atomic mass is 16.5. The van der Waals surface area contributed by atoms with E-state index in [-0.39, 0.29) is 0 Å². The number of hydrogen-bond donors (Lipinski definition) is 0. The summed E-state index contributed by atoms with van der Waals surface area (Å²) in [6.07, 6.45) is 0. The van der Waals surface area contributed by atoms with Crippen LogP contribution in [0.15, 0.2) is 152 Å². The smallest absolute Gasteiger partial charge is 0.160 e. The van der Waals surface area contributed by atoms with Crippen molar-refractivity contribution in [2.45, 2.75) is 0 Å². The van der Waals surface area contributed by atoms with E-state index in [2.05, 4.69) is 120 Å². The lowest BCUT2D eigenvalue weighted by atomic mass is 9.93. The molecule has 0 aliphatic carbocycles. The van der Waals surface area contributed by atoms with Gasteiger partial charge in [-0.3, -0.25) is 0 Å². The van der Waals surface area contributed by atoms with E-state index in [4.69, 9.17) is 14.7 Å². The van der Waals surface area contributed by atoms with E-state index in [1.807, 2.05) is 36.4 Å². The van der Waals surface area contributed by atoms with Gasteiger partial charge in [-0.25, -0.2) is 9.97 Å². The fraction of sp³-hybridized carbons (Fsp3) is 0. The van der Waals surface area contributed by atoms with Crippen LogP contribution in [0.25, 0.3) is 93.4 Å². The Balaban J connectivity index is 1.16. The highest BCUT2D eigenvalue weighted by Gasteiger charge is 2.24. The number of ether oxygens (including phenoxy) is 1. The van der Waals surface area contributed by atoms with Crippen LogP contribution in [0.3, 0.4) is 0 Å². The van der Waals surface area contributed by atoms with E-state index >= 15 is 0 Å². The van der Waals surface area contributed by atoms with Gasteiger partial charge < -0.3 is 9.30 Å². The van der Waals surface area contributed by atoms with Crippen LogP contribution in [0.1, 0.15) is 0 Å². The van der Waals surface area contributed by atoms with Crippen LogP contribution in [0.2, 0.25) is 0 Å². The topological polar surface area (TPSA) is 39.9 Å². The van der Waals surface area contributed by atoms with Crippen molar-refractivity contribution in [3.05, 3.63) is 152 Å². The Morgan fingerprint density at radius 2 is 1.19 bits per heavy atom. The van der Waals surface area contributed by atoms with Crippen LogP contribution < -0.4 is 4.74 Å². The zero-order valence-electron chi connectivity index (χ0n) is 25.7. The second-order valence-electron chi connectivity index (χ2n) is 12.5. The average molecular weight is 612 g/mol. The Morgan fingerprint density at radius 1 is 0.458 bits per heavy atom. The van der Waals surface area contributed by atoms with Crippen LogP contribution in [0.5, 0.6) is 11.5 Å². The highest BCUT2D eigenvalue weighted by molar-refractivity contribution is 6.36. The Hall–Kier alpha value is -6.52. The van der Waals surface area contributed by atoms with E-state index in [0.29, 0.717) is 5.82 Å². The van der Waals surface area contributed by atoms with Gasteiger partial charge in [0.2, 0.25) is 0 Å². The molecule has 0 fully saturated rings. The monoisotopic (exact) mass is 611 g/mol. The number of benzene rings is 8. The standard InChI is InChI=1S/C44H25N3O/c1-2-11-29-26(10-1)22-25-34-39(29)30-12-3-4-13-31(30)43-40(34)32-14-5-7-17-36(32)47(43)28-23-20-27(21-24-28)44-45-35-16-9-19-38-41(35)42(46-44)33-15-6-8-18-37(33)48-38/h1-25H. The molecule has 222 valence electrons. The van der Waals surface area contributed by atoms with Crippen molar-refractivity contribution < 1.29 is 4.74 Å². The van der Waals surface area contributed by atoms with Gasteiger partial charge >= 0.3 is 0 Å². The molecule has 8 aromatic carbocycles. The van der Waals surface area contributed by atoms with Crippen LogP contribution in [0, 0.1) is 0 Å². The van der Waals surface area contributed by atoms with Crippen molar-refractivity contribution in [2.24, 2.45) is 0 Å². The molecule has 4 heteroatoms. The third-order valence-electron chi connectivity index (χ3n) is 9.96. The lowest BCUT2D eigenvalue weighted by molar-refractivity contribution is 0.486. The van der Waals surface area contributed by atoms with Crippen molar-refractivity contribution in [2.75, 3.05) is 0 Å². The van der Waals surface area contributed by atoms with Crippen molar-refractivity contribution in [1.29, 1.82) is 0 Å². The first-order valence-corrected chi connectivity index (χ1v) is 16.3. The lowest BCUT2D eigenvalue weighted by Crippen LogP contribution is -2.02. The molecule has 0 amide bonds. The largest absolute Gasteiger partial charge is 0.456 e. The second kappa shape index (κ2) is 9.50. The number of para-hydroxylation sites is 2. The highest BCUT2D eigenvalue weighted by Crippen LogP contribution is 2.46. The zero-order valence-corrected chi connectivity index (χ0v) is 25.7. The molecule has 4 nitrogen and oxygen atoms in total. The molecule has 0 saturated carbocycles. The summed E-state index contributed by atoms with van der Waals surface area (Å²) in [4.78, 5) is 10.2. The van der Waals surface area contributed by atoms with Gasteiger partial charge in [-0.2, -0.15) is 0 Å². The van der Waals surface area contributed by atoms with E-state index in [1.54, 1.807) is 0 Å². The van der Waals surface area contributed by atoms with E-state index in [1.165, 1.54) is 54.1 Å². The minimum Gasteiger partial charge on any atom is -0.456 e. The van der Waals surface area contributed by atoms with Gasteiger partial charge in [0.05, 0.1) is 27.6 Å². The van der Waals surface area contributed by atoms with Crippen molar-refractivity contribution in [3.8, 4) is 39.8 Å². The van der Waals surface area contributed by atoms with Crippen LogP contribution in [-0.4, -0.2) is 14.5 Å². The maximum atomic E-state index is 6.22. The molecule has 48 heavy (non-hydrogen) atoms. The zero-order chi connectivity index (χ0) is 31.3. The Kier molecular flexibility index (Phi) is 5.08. The third-order valence-corrected chi connectivity index (χ3v) is 9.96. The fourth-order valence-corrected chi connectivity index (χ4v) is 7.90. The summed E-state index contributed by atoms with van der Waals surface area (Å²) < 4.78 is 8.64. The predicted molar refractivity (Wildman–Crippen MR) is 197 cm³/mol. The molecule has 0 bridgehead atoms. The number of hydrogen-bond acceptors (Lipinski definition) is 3. The van der Waals surface area contributed by atoms with E-state index < -0.39 is 0 Å². The summed E-state index contributed by atoms with van der Waals surface area (Å²) in [5.41, 5.74) is 7.23. The summed E-state index contributed by atoms with van der Waals surface area (Å²) in [5, 5.41) is 11.1. The van der Waals surface area contributed by atoms with Crippen molar-refractivity contribution >= 4 is 65.0 Å². The summed E-state index contributed by atoms with van der Waals surface area (Å²) in [6.45, 7) is 0. The number of aromatic nitrogens is 3. The molecule has 10 aromatic rings. The van der Waals surface area contributed by atoms with E-state index in [0.717, 1.165) is 44.9 Å².